The van der Waals surface area contributed by atoms with Gasteiger partial charge in [0.25, 0.3) is 0 Å². The summed E-state index contributed by atoms with van der Waals surface area (Å²) in [7, 11) is 0. The van der Waals surface area contributed by atoms with Gasteiger partial charge in [-0.2, -0.15) is 0 Å². The fraction of sp³-hybridized carbons (Fsp3) is 0.273. The number of benzene rings is 1. The average Bonchev–Trinajstić information content (AvgIpc) is 2.14. The van der Waals surface area contributed by atoms with E-state index in [1.165, 1.54) is 0 Å². The summed E-state index contributed by atoms with van der Waals surface area (Å²) in [4.78, 5) is 0. The standard InChI is InChI=1S/C11H14Cl2N2/c1-7(2)5-11(15-14)9-4-3-8(12)6-10(9)13/h3-4,6,11,15H,1,5,14H2,2H3. The van der Waals surface area contributed by atoms with E-state index in [-0.39, 0.29) is 6.04 Å². The molecule has 1 aromatic rings. The molecule has 1 atom stereocenters. The predicted molar refractivity (Wildman–Crippen MR) is 66.0 cm³/mol. The second-order valence-corrected chi connectivity index (χ2v) is 4.39. The van der Waals surface area contributed by atoms with Crippen LogP contribution in [0.4, 0.5) is 0 Å². The molecule has 1 rings (SSSR count). The van der Waals surface area contributed by atoms with Gasteiger partial charge in [0.15, 0.2) is 0 Å². The van der Waals surface area contributed by atoms with Gasteiger partial charge in [-0.05, 0) is 31.0 Å². The molecule has 0 fully saturated rings. The first-order chi connectivity index (χ1) is 7.04. The van der Waals surface area contributed by atoms with Crippen molar-refractivity contribution in [2.45, 2.75) is 19.4 Å². The number of hydrogen-bond acceptors (Lipinski definition) is 2. The molecule has 3 N–H and O–H groups in total. The molecule has 0 aliphatic rings. The first-order valence-corrected chi connectivity index (χ1v) is 5.35. The lowest BCUT2D eigenvalue weighted by Crippen LogP contribution is -2.28. The van der Waals surface area contributed by atoms with E-state index >= 15 is 0 Å². The molecule has 0 saturated carbocycles. The van der Waals surface area contributed by atoms with E-state index in [9.17, 15) is 0 Å². The molecule has 15 heavy (non-hydrogen) atoms. The Morgan fingerprint density at radius 3 is 2.67 bits per heavy atom. The van der Waals surface area contributed by atoms with E-state index in [2.05, 4.69) is 12.0 Å². The van der Waals surface area contributed by atoms with Gasteiger partial charge >= 0.3 is 0 Å². The van der Waals surface area contributed by atoms with Crippen molar-refractivity contribution < 1.29 is 0 Å². The Labute approximate surface area is 100 Å². The van der Waals surface area contributed by atoms with Crippen LogP contribution in [0.15, 0.2) is 30.4 Å². The number of nitrogens with two attached hydrogens (primary N) is 1. The molecule has 0 heterocycles. The topological polar surface area (TPSA) is 38.0 Å². The molecule has 0 aliphatic heterocycles. The highest BCUT2D eigenvalue weighted by atomic mass is 35.5. The summed E-state index contributed by atoms with van der Waals surface area (Å²) in [6.45, 7) is 5.80. The summed E-state index contributed by atoms with van der Waals surface area (Å²) in [6.07, 6.45) is 0.748. The summed E-state index contributed by atoms with van der Waals surface area (Å²) in [5.41, 5.74) is 4.70. The highest BCUT2D eigenvalue weighted by Gasteiger charge is 2.13. The summed E-state index contributed by atoms with van der Waals surface area (Å²) >= 11 is 11.9. The van der Waals surface area contributed by atoms with Crippen LogP contribution in [0.3, 0.4) is 0 Å². The second-order valence-electron chi connectivity index (χ2n) is 3.55. The Morgan fingerprint density at radius 1 is 1.53 bits per heavy atom. The number of hydrazine groups is 1. The Balaban J connectivity index is 2.96. The zero-order valence-electron chi connectivity index (χ0n) is 8.56. The predicted octanol–water partition coefficient (Wildman–Crippen LogP) is 3.46. The maximum atomic E-state index is 6.08. The summed E-state index contributed by atoms with van der Waals surface area (Å²) < 4.78 is 0. The van der Waals surface area contributed by atoms with Gasteiger partial charge in [0, 0.05) is 10.0 Å². The third kappa shape index (κ3) is 3.50. The van der Waals surface area contributed by atoms with E-state index in [0.717, 1.165) is 17.6 Å². The van der Waals surface area contributed by atoms with Gasteiger partial charge in [0.1, 0.15) is 0 Å². The van der Waals surface area contributed by atoms with Crippen LogP contribution in [-0.2, 0) is 0 Å². The summed E-state index contributed by atoms with van der Waals surface area (Å²) in [5, 5.41) is 1.24. The van der Waals surface area contributed by atoms with Crippen molar-refractivity contribution in [1.29, 1.82) is 0 Å². The molecule has 0 radical (unpaired) electrons. The van der Waals surface area contributed by atoms with Crippen LogP contribution in [0.1, 0.15) is 24.9 Å². The van der Waals surface area contributed by atoms with Gasteiger partial charge in [0.2, 0.25) is 0 Å². The Bertz CT molecular complexity index is 364. The van der Waals surface area contributed by atoms with Crippen molar-refractivity contribution in [1.82, 2.24) is 5.43 Å². The molecule has 0 aliphatic carbocycles. The quantitative estimate of drug-likeness (QED) is 0.484. The first kappa shape index (κ1) is 12.5. The van der Waals surface area contributed by atoms with Crippen molar-refractivity contribution in [2.24, 2.45) is 5.84 Å². The van der Waals surface area contributed by atoms with Gasteiger partial charge in [0.05, 0.1) is 6.04 Å². The molecule has 0 amide bonds. The number of halogens is 2. The Kier molecular flexibility index (Phi) is 4.61. The highest BCUT2D eigenvalue weighted by molar-refractivity contribution is 6.35. The molecular weight excluding hydrogens is 231 g/mol. The minimum Gasteiger partial charge on any atom is -0.271 e. The van der Waals surface area contributed by atoms with E-state index in [4.69, 9.17) is 29.0 Å². The van der Waals surface area contributed by atoms with Crippen molar-refractivity contribution >= 4 is 23.2 Å². The largest absolute Gasteiger partial charge is 0.271 e. The van der Waals surface area contributed by atoms with E-state index in [1.54, 1.807) is 12.1 Å². The Hall–Kier alpha value is -0.540. The monoisotopic (exact) mass is 244 g/mol. The molecule has 0 spiro atoms. The van der Waals surface area contributed by atoms with E-state index in [0.29, 0.717) is 10.0 Å². The zero-order valence-corrected chi connectivity index (χ0v) is 10.1. The van der Waals surface area contributed by atoms with Gasteiger partial charge in [-0.15, -0.1) is 6.58 Å². The van der Waals surface area contributed by atoms with Gasteiger partial charge in [-0.25, -0.2) is 0 Å². The Morgan fingerprint density at radius 2 is 2.20 bits per heavy atom. The molecular formula is C11H14Cl2N2. The third-order valence-electron chi connectivity index (χ3n) is 2.09. The molecule has 4 heteroatoms. The van der Waals surface area contributed by atoms with Crippen LogP contribution in [0.25, 0.3) is 0 Å². The van der Waals surface area contributed by atoms with Crippen molar-refractivity contribution in [2.75, 3.05) is 0 Å². The molecule has 82 valence electrons. The molecule has 1 aromatic carbocycles. The fourth-order valence-electron chi connectivity index (χ4n) is 1.39. The summed E-state index contributed by atoms with van der Waals surface area (Å²) in [6, 6.07) is 5.36. The van der Waals surface area contributed by atoms with Crippen LogP contribution >= 0.6 is 23.2 Å². The lowest BCUT2D eigenvalue weighted by atomic mass is 10.0. The molecule has 0 aromatic heterocycles. The van der Waals surface area contributed by atoms with Gasteiger partial charge < -0.3 is 0 Å². The molecule has 0 bridgehead atoms. The molecule has 2 nitrogen and oxygen atoms in total. The molecule has 0 saturated heterocycles. The fourth-order valence-corrected chi connectivity index (χ4v) is 1.93. The first-order valence-electron chi connectivity index (χ1n) is 4.60. The SMILES string of the molecule is C=C(C)CC(NN)c1ccc(Cl)cc1Cl. The van der Waals surface area contributed by atoms with Crippen LogP contribution in [-0.4, -0.2) is 0 Å². The number of rotatable bonds is 4. The zero-order chi connectivity index (χ0) is 11.4. The smallest absolute Gasteiger partial charge is 0.0511 e. The van der Waals surface area contributed by atoms with E-state index in [1.807, 2.05) is 13.0 Å². The average molecular weight is 245 g/mol. The van der Waals surface area contributed by atoms with Gasteiger partial charge in [-0.3, -0.25) is 11.3 Å². The van der Waals surface area contributed by atoms with E-state index < -0.39 is 0 Å². The van der Waals surface area contributed by atoms with Crippen molar-refractivity contribution in [3.63, 3.8) is 0 Å². The van der Waals surface area contributed by atoms with Crippen LogP contribution in [0, 0.1) is 0 Å². The second kappa shape index (κ2) is 5.52. The normalized spacial score (nSPS) is 12.5. The maximum absolute atomic E-state index is 6.08. The highest BCUT2D eigenvalue weighted by Crippen LogP contribution is 2.28. The van der Waals surface area contributed by atoms with Crippen LogP contribution in [0.5, 0.6) is 0 Å². The number of hydrogen-bond donors (Lipinski definition) is 2. The minimum absolute atomic E-state index is 0.0210. The van der Waals surface area contributed by atoms with Crippen molar-refractivity contribution in [3.05, 3.63) is 46.0 Å². The maximum Gasteiger partial charge on any atom is 0.0511 e. The van der Waals surface area contributed by atoms with Crippen molar-refractivity contribution in [3.8, 4) is 0 Å². The lowest BCUT2D eigenvalue weighted by Gasteiger charge is -2.17. The molecule has 1 unspecified atom stereocenters. The summed E-state index contributed by atoms with van der Waals surface area (Å²) in [5.74, 6) is 5.48. The van der Waals surface area contributed by atoms with Crippen LogP contribution in [0.2, 0.25) is 10.0 Å². The minimum atomic E-state index is -0.0210. The van der Waals surface area contributed by atoms with Gasteiger partial charge in [-0.1, -0.05) is 34.8 Å². The third-order valence-corrected chi connectivity index (χ3v) is 2.65. The number of nitrogens with one attached hydrogen (secondary N) is 1. The van der Waals surface area contributed by atoms with Crippen LogP contribution < -0.4 is 11.3 Å². The lowest BCUT2D eigenvalue weighted by molar-refractivity contribution is 0.550.